The van der Waals surface area contributed by atoms with Gasteiger partial charge in [-0.25, -0.2) is 4.98 Å². The summed E-state index contributed by atoms with van der Waals surface area (Å²) < 4.78 is 11.7. The lowest BCUT2D eigenvalue weighted by atomic mass is 10.1. The number of carbonyl (C=O) groups excluding carboxylic acids is 1. The van der Waals surface area contributed by atoms with Gasteiger partial charge in [-0.05, 0) is 24.1 Å². The fraction of sp³-hybridized carbons (Fsp3) is 0.273. The highest BCUT2D eigenvalue weighted by molar-refractivity contribution is 7.13. The lowest BCUT2D eigenvalue weighted by molar-refractivity contribution is 0.0518. The Kier molecular flexibility index (Phi) is 5.30. The number of rotatable bonds is 5. The molecule has 0 aliphatic carbocycles. The Bertz CT molecular complexity index is 968. The van der Waals surface area contributed by atoms with Crippen molar-refractivity contribution in [3.8, 4) is 22.1 Å². The van der Waals surface area contributed by atoms with E-state index in [4.69, 9.17) is 9.47 Å². The molecule has 28 heavy (non-hydrogen) atoms. The summed E-state index contributed by atoms with van der Waals surface area (Å²) in [5.41, 5.74) is 2.77. The van der Waals surface area contributed by atoms with E-state index in [1.54, 1.807) is 11.9 Å². The minimum atomic E-state index is -0.205. The lowest BCUT2D eigenvalue weighted by Gasteiger charge is -2.29. The van der Waals surface area contributed by atoms with E-state index < -0.39 is 0 Å². The van der Waals surface area contributed by atoms with Crippen LogP contribution in [0.5, 0.6) is 11.5 Å². The van der Waals surface area contributed by atoms with Gasteiger partial charge in [-0.1, -0.05) is 43.3 Å². The van der Waals surface area contributed by atoms with E-state index >= 15 is 0 Å². The SMILES string of the molecule is CCc1ccc(-c2nc(C(=O)N(C)C[C@H]3COc4ccccc4O3)cs2)cc1. The highest BCUT2D eigenvalue weighted by Gasteiger charge is 2.25. The maximum atomic E-state index is 12.8. The number of ether oxygens (including phenoxy) is 2. The van der Waals surface area contributed by atoms with Crippen LogP contribution in [0, 0.1) is 0 Å². The number of hydrogen-bond donors (Lipinski definition) is 0. The Morgan fingerprint density at radius 2 is 1.93 bits per heavy atom. The average Bonchev–Trinajstić information content (AvgIpc) is 3.23. The van der Waals surface area contributed by atoms with Gasteiger partial charge in [-0.15, -0.1) is 11.3 Å². The zero-order valence-electron chi connectivity index (χ0n) is 15.9. The van der Waals surface area contributed by atoms with Gasteiger partial charge in [0.2, 0.25) is 0 Å². The Morgan fingerprint density at radius 3 is 2.68 bits per heavy atom. The number of amides is 1. The third kappa shape index (κ3) is 3.87. The Hall–Kier alpha value is -2.86. The molecule has 1 atom stereocenters. The normalized spacial score (nSPS) is 15.3. The van der Waals surface area contributed by atoms with Crippen molar-refractivity contribution in [2.24, 2.45) is 0 Å². The van der Waals surface area contributed by atoms with E-state index in [-0.39, 0.29) is 12.0 Å². The second-order valence-electron chi connectivity index (χ2n) is 6.77. The predicted molar refractivity (Wildman–Crippen MR) is 110 cm³/mol. The van der Waals surface area contributed by atoms with Crippen LogP contribution in [0.3, 0.4) is 0 Å². The summed E-state index contributed by atoms with van der Waals surface area (Å²) >= 11 is 1.48. The smallest absolute Gasteiger partial charge is 0.273 e. The molecule has 1 aromatic heterocycles. The van der Waals surface area contributed by atoms with Gasteiger partial charge in [0.1, 0.15) is 17.3 Å². The number of carbonyl (C=O) groups is 1. The maximum absolute atomic E-state index is 12.8. The van der Waals surface area contributed by atoms with Crippen molar-refractivity contribution in [2.75, 3.05) is 20.2 Å². The Labute approximate surface area is 168 Å². The molecule has 1 amide bonds. The number of nitrogens with zero attached hydrogens (tertiary/aromatic N) is 2. The van der Waals surface area contributed by atoms with Gasteiger partial charge in [-0.3, -0.25) is 4.79 Å². The van der Waals surface area contributed by atoms with Crippen molar-refractivity contribution in [3.05, 3.63) is 65.2 Å². The molecule has 2 heterocycles. The zero-order valence-corrected chi connectivity index (χ0v) is 16.7. The van der Waals surface area contributed by atoms with Gasteiger partial charge in [-0.2, -0.15) is 0 Å². The molecule has 1 aliphatic rings. The maximum Gasteiger partial charge on any atom is 0.273 e. The van der Waals surface area contributed by atoms with Gasteiger partial charge in [0.25, 0.3) is 5.91 Å². The number of hydrogen-bond acceptors (Lipinski definition) is 5. The quantitative estimate of drug-likeness (QED) is 0.648. The summed E-state index contributed by atoms with van der Waals surface area (Å²) in [7, 11) is 1.77. The van der Waals surface area contributed by atoms with Gasteiger partial charge in [0.15, 0.2) is 17.6 Å². The Balaban J connectivity index is 1.41. The van der Waals surface area contributed by atoms with Gasteiger partial charge >= 0.3 is 0 Å². The third-order valence-corrected chi connectivity index (χ3v) is 5.62. The van der Waals surface area contributed by atoms with Crippen LogP contribution >= 0.6 is 11.3 Å². The molecule has 0 unspecified atom stereocenters. The first-order chi connectivity index (χ1) is 13.6. The van der Waals surface area contributed by atoms with Crippen LogP contribution in [0.25, 0.3) is 10.6 Å². The number of para-hydroxylation sites is 2. The third-order valence-electron chi connectivity index (χ3n) is 4.72. The van der Waals surface area contributed by atoms with Gasteiger partial charge in [0.05, 0.1) is 6.54 Å². The van der Waals surface area contributed by atoms with Crippen molar-refractivity contribution >= 4 is 17.2 Å². The molecule has 2 aromatic carbocycles. The van der Waals surface area contributed by atoms with Crippen molar-refractivity contribution in [1.29, 1.82) is 0 Å². The number of benzene rings is 2. The number of aromatic nitrogens is 1. The van der Waals surface area contributed by atoms with Crippen molar-refractivity contribution in [3.63, 3.8) is 0 Å². The predicted octanol–water partition coefficient (Wildman–Crippen LogP) is 4.28. The summed E-state index contributed by atoms with van der Waals surface area (Å²) in [5, 5.41) is 2.67. The van der Waals surface area contributed by atoms with Crippen LogP contribution in [0.4, 0.5) is 0 Å². The highest BCUT2D eigenvalue weighted by atomic mass is 32.1. The molecule has 0 fully saturated rings. The molecule has 6 heteroatoms. The first-order valence-electron chi connectivity index (χ1n) is 9.33. The summed E-state index contributed by atoms with van der Waals surface area (Å²) in [6.45, 7) is 2.98. The van der Waals surface area contributed by atoms with Crippen LogP contribution in [0.2, 0.25) is 0 Å². The molecule has 0 bridgehead atoms. The molecule has 0 spiro atoms. The minimum absolute atomic E-state index is 0.116. The molecule has 3 aromatic rings. The molecule has 0 saturated carbocycles. The molecular weight excluding hydrogens is 372 g/mol. The summed E-state index contributed by atoms with van der Waals surface area (Å²) in [4.78, 5) is 19.0. The van der Waals surface area contributed by atoms with E-state index in [1.165, 1.54) is 16.9 Å². The number of thiazole rings is 1. The van der Waals surface area contributed by atoms with E-state index in [0.717, 1.165) is 22.7 Å². The molecule has 1 aliphatic heterocycles. The average molecular weight is 394 g/mol. The summed E-state index contributed by atoms with van der Waals surface area (Å²) in [6, 6.07) is 15.9. The molecule has 4 rings (SSSR count). The van der Waals surface area contributed by atoms with Gasteiger partial charge in [0, 0.05) is 18.0 Å². The fourth-order valence-corrected chi connectivity index (χ4v) is 3.92. The number of likely N-dealkylation sites (N-methyl/N-ethyl adjacent to an activating group) is 1. The van der Waals surface area contributed by atoms with Crippen LogP contribution in [0.1, 0.15) is 23.0 Å². The minimum Gasteiger partial charge on any atom is -0.486 e. The van der Waals surface area contributed by atoms with Crippen LogP contribution < -0.4 is 9.47 Å². The standard InChI is InChI=1S/C22H22N2O3S/c1-3-15-8-10-16(11-9-15)21-23-18(14-28-21)22(25)24(2)12-17-13-26-19-6-4-5-7-20(19)27-17/h4-11,14,17H,3,12-13H2,1-2H3/t17-/m0/s1. The second kappa shape index (κ2) is 8.02. The highest BCUT2D eigenvalue weighted by Crippen LogP contribution is 2.31. The zero-order chi connectivity index (χ0) is 19.5. The van der Waals surface area contributed by atoms with E-state index in [2.05, 4.69) is 36.2 Å². The molecule has 0 saturated heterocycles. The summed E-state index contributed by atoms with van der Waals surface area (Å²) in [5.74, 6) is 1.34. The lowest BCUT2D eigenvalue weighted by Crippen LogP contribution is -2.41. The Morgan fingerprint density at radius 1 is 1.18 bits per heavy atom. The second-order valence-corrected chi connectivity index (χ2v) is 7.63. The summed E-state index contributed by atoms with van der Waals surface area (Å²) in [6.07, 6.45) is 0.799. The molecule has 5 nitrogen and oxygen atoms in total. The van der Waals surface area contributed by atoms with E-state index in [9.17, 15) is 4.79 Å². The van der Waals surface area contributed by atoms with Crippen LogP contribution in [0.15, 0.2) is 53.9 Å². The van der Waals surface area contributed by atoms with Crippen molar-refractivity contribution in [1.82, 2.24) is 9.88 Å². The van der Waals surface area contributed by atoms with Gasteiger partial charge < -0.3 is 14.4 Å². The van der Waals surface area contributed by atoms with Crippen LogP contribution in [-0.2, 0) is 6.42 Å². The van der Waals surface area contributed by atoms with E-state index in [0.29, 0.717) is 24.6 Å². The fourth-order valence-electron chi connectivity index (χ4n) is 3.12. The van der Waals surface area contributed by atoms with E-state index in [1.807, 2.05) is 29.6 Å². The van der Waals surface area contributed by atoms with Crippen LogP contribution in [-0.4, -0.2) is 42.1 Å². The first-order valence-corrected chi connectivity index (χ1v) is 10.2. The molecule has 144 valence electrons. The van der Waals surface area contributed by atoms with Crippen molar-refractivity contribution < 1.29 is 14.3 Å². The molecule has 0 radical (unpaired) electrons. The number of aryl methyl sites for hydroxylation is 1. The first kappa shape index (κ1) is 18.5. The largest absolute Gasteiger partial charge is 0.486 e. The topological polar surface area (TPSA) is 51.7 Å². The number of fused-ring (bicyclic) bond motifs is 1. The van der Waals surface area contributed by atoms with Crippen molar-refractivity contribution in [2.45, 2.75) is 19.4 Å². The molecule has 0 N–H and O–H groups in total. The monoisotopic (exact) mass is 394 g/mol. The molecular formula is C22H22N2O3S.